The van der Waals surface area contributed by atoms with Crippen LogP contribution in [0.1, 0.15) is 41.6 Å². The Morgan fingerprint density at radius 2 is 1.71 bits per heavy atom. The van der Waals surface area contributed by atoms with E-state index in [-0.39, 0.29) is 18.4 Å². The van der Waals surface area contributed by atoms with Crippen LogP contribution in [-0.4, -0.2) is 36.4 Å². The van der Waals surface area contributed by atoms with Crippen LogP contribution < -0.4 is 10.1 Å². The van der Waals surface area contributed by atoms with Crippen molar-refractivity contribution in [2.75, 3.05) is 25.0 Å². The summed E-state index contributed by atoms with van der Waals surface area (Å²) in [6.07, 6.45) is 4.50. The lowest BCUT2D eigenvalue weighted by molar-refractivity contribution is -0.118. The highest BCUT2D eigenvalue weighted by Gasteiger charge is 2.17. The van der Waals surface area contributed by atoms with Gasteiger partial charge in [0, 0.05) is 29.4 Å². The zero-order valence-electron chi connectivity index (χ0n) is 16.0. The van der Waals surface area contributed by atoms with Gasteiger partial charge in [-0.3, -0.25) is 9.59 Å². The molecule has 6 heteroatoms. The molecule has 0 saturated carbocycles. The summed E-state index contributed by atoms with van der Waals surface area (Å²) >= 11 is 5.98. The van der Waals surface area contributed by atoms with E-state index in [2.05, 4.69) is 5.32 Å². The third-order valence-corrected chi connectivity index (χ3v) is 5.23. The molecule has 0 spiro atoms. The molecule has 0 unspecified atom stereocenters. The molecule has 0 aromatic heterocycles. The highest BCUT2D eigenvalue weighted by Crippen LogP contribution is 2.21. The van der Waals surface area contributed by atoms with Gasteiger partial charge in [-0.05, 0) is 67.8 Å². The van der Waals surface area contributed by atoms with Crippen molar-refractivity contribution in [1.82, 2.24) is 4.90 Å². The molecular formula is C22H25ClN2O3. The van der Waals surface area contributed by atoms with Gasteiger partial charge in [-0.2, -0.15) is 0 Å². The van der Waals surface area contributed by atoms with Gasteiger partial charge in [0.25, 0.3) is 11.8 Å². The standard InChI is InChI=1S/C22H25ClN2O3/c1-16-14-19(10-11-20(16)23)28-15-21(26)24-18-8-6-17(7-9-18)22(27)25-12-4-2-3-5-13-25/h6-11,14H,2-5,12-13,15H2,1H3,(H,24,26). The van der Waals surface area contributed by atoms with Gasteiger partial charge in [-0.25, -0.2) is 0 Å². The molecule has 0 atom stereocenters. The molecule has 28 heavy (non-hydrogen) atoms. The minimum atomic E-state index is -0.265. The predicted molar refractivity (Wildman–Crippen MR) is 111 cm³/mol. The quantitative estimate of drug-likeness (QED) is 0.792. The van der Waals surface area contributed by atoms with Crippen LogP contribution in [0.15, 0.2) is 42.5 Å². The van der Waals surface area contributed by atoms with E-state index in [1.807, 2.05) is 11.8 Å². The number of hydrogen-bond acceptors (Lipinski definition) is 3. The van der Waals surface area contributed by atoms with Crippen molar-refractivity contribution in [3.63, 3.8) is 0 Å². The number of carbonyl (C=O) groups is 2. The monoisotopic (exact) mass is 400 g/mol. The lowest BCUT2D eigenvalue weighted by Crippen LogP contribution is -2.31. The molecule has 2 aromatic carbocycles. The summed E-state index contributed by atoms with van der Waals surface area (Å²) in [4.78, 5) is 26.6. The maximum Gasteiger partial charge on any atom is 0.262 e. The molecule has 148 valence electrons. The molecule has 1 saturated heterocycles. The van der Waals surface area contributed by atoms with Gasteiger partial charge >= 0.3 is 0 Å². The fourth-order valence-electron chi connectivity index (χ4n) is 3.21. The predicted octanol–water partition coefficient (Wildman–Crippen LogP) is 4.68. The fourth-order valence-corrected chi connectivity index (χ4v) is 3.32. The van der Waals surface area contributed by atoms with Crippen LogP contribution >= 0.6 is 11.6 Å². The number of nitrogens with one attached hydrogen (secondary N) is 1. The molecule has 5 nitrogen and oxygen atoms in total. The maximum absolute atomic E-state index is 12.6. The Labute approximate surface area is 170 Å². The highest BCUT2D eigenvalue weighted by atomic mass is 35.5. The number of nitrogens with zero attached hydrogens (tertiary/aromatic N) is 1. The van der Waals surface area contributed by atoms with Crippen LogP contribution in [0.5, 0.6) is 5.75 Å². The Kier molecular flexibility index (Phi) is 6.93. The molecule has 1 heterocycles. The average molecular weight is 401 g/mol. The van der Waals surface area contributed by atoms with E-state index in [9.17, 15) is 9.59 Å². The van der Waals surface area contributed by atoms with Gasteiger partial charge in [-0.15, -0.1) is 0 Å². The van der Waals surface area contributed by atoms with E-state index in [0.717, 1.165) is 31.5 Å². The summed E-state index contributed by atoms with van der Waals surface area (Å²) in [5, 5.41) is 3.44. The highest BCUT2D eigenvalue weighted by molar-refractivity contribution is 6.31. The van der Waals surface area contributed by atoms with Crippen molar-refractivity contribution in [2.24, 2.45) is 0 Å². The Bertz CT molecular complexity index is 828. The molecule has 1 aliphatic rings. The van der Waals surface area contributed by atoms with Crippen LogP contribution in [0, 0.1) is 6.92 Å². The summed E-state index contributed by atoms with van der Waals surface area (Å²) in [7, 11) is 0. The Morgan fingerprint density at radius 3 is 2.36 bits per heavy atom. The number of anilines is 1. The van der Waals surface area contributed by atoms with E-state index >= 15 is 0 Å². The lowest BCUT2D eigenvalue weighted by atomic mass is 10.1. The van der Waals surface area contributed by atoms with E-state index in [4.69, 9.17) is 16.3 Å². The molecule has 2 amide bonds. The minimum absolute atomic E-state index is 0.0567. The van der Waals surface area contributed by atoms with Gasteiger partial charge in [0.2, 0.25) is 0 Å². The smallest absolute Gasteiger partial charge is 0.262 e. The van der Waals surface area contributed by atoms with Crippen molar-refractivity contribution in [2.45, 2.75) is 32.6 Å². The Morgan fingerprint density at radius 1 is 1.04 bits per heavy atom. The average Bonchev–Trinajstić information content (AvgIpc) is 2.98. The maximum atomic E-state index is 12.6. The molecule has 1 aliphatic heterocycles. The summed E-state index contributed by atoms with van der Waals surface area (Å²) in [5.41, 5.74) is 2.17. The first-order chi connectivity index (χ1) is 13.5. The first-order valence-corrected chi connectivity index (χ1v) is 9.99. The van der Waals surface area contributed by atoms with Crippen molar-refractivity contribution in [3.05, 3.63) is 58.6 Å². The van der Waals surface area contributed by atoms with Gasteiger partial charge in [-0.1, -0.05) is 24.4 Å². The van der Waals surface area contributed by atoms with Gasteiger partial charge in [0.05, 0.1) is 0 Å². The lowest BCUT2D eigenvalue weighted by Gasteiger charge is -2.20. The number of likely N-dealkylation sites (tertiary alicyclic amines) is 1. The largest absolute Gasteiger partial charge is 0.484 e. The Balaban J connectivity index is 1.52. The fraction of sp³-hybridized carbons (Fsp3) is 0.364. The molecular weight excluding hydrogens is 376 g/mol. The van der Waals surface area contributed by atoms with Crippen LogP contribution in [0.2, 0.25) is 5.02 Å². The van der Waals surface area contributed by atoms with Crippen molar-refractivity contribution >= 4 is 29.1 Å². The second-order valence-electron chi connectivity index (χ2n) is 7.03. The number of hydrogen-bond donors (Lipinski definition) is 1. The van der Waals surface area contributed by atoms with E-state index < -0.39 is 0 Å². The van der Waals surface area contributed by atoms with Gasteiger partial charge < -0.3 is 15.0 Å². The summed E-state index contributed by atoms with van der Waals surface area (Å²) < 4.78 is 5.50. The third kappa shape index (κ3) is 5.49. The number of amides is 2. The first kappa shape index (κ1) is 20.2. The second-order valence-corrected chi connectivity index (χ2v) is 7.44. The molecule has 3 rings (SSSR count). The number of aryl methyl sites for hydroxylation is 1. The first-order valence-electron chi connectivity index (χ1n) is 9.61. The Hall–Kier alpha value is -2.53. The summed E-state index contributed by atoms with van der Waals surface area (Å²) in [5.74, 6) is 0.385. The van der Waals surface area contributed by atoms with Crippen LogP contribution in [-0.2, 0) is 4.79 Å². The molecule has 2 aromatic rings. The molecule has 1 N–H and O–H groups in total. The summed E-state index contributed by atoms with van der Waals surface area (Å²) in [6.45, 7) is 3.41. The normalized spacial score (nSPS) is 14.3. The number of halogens is 1. The van der Waals surface area contributed by atoms with Crippen LogP contribution in [0.3, 0.4) is 0 Å². The van der Waals surface area contributed by atoms with Gasteiger partial charge in [0.1, 0.15) is 5.75 Å². The van der Waals surface area contributed by atoms with E-state index in [1.54, 1.807) is 42.5 Å². The number of rotatable bonds is 5. The molecule has 0 aliphatic carbocycles. The summed E-state index contributed by atoms with van der Waals surface area (Å²) in [6, 6.07) is 12.3. The van der Waals surface area contributed by atoms with E-state index in [1.165, 1.54) is 12.8 Å². The molecule has 1 fully saturated rings. The van der Waals surface area contributed by atoms with Crippen LogP contribution in [0.25, 0.3) is 0 Å². The minimum Gasteiger partial charge on any atom is -0.484 e. The number of benzene rings is 2. The van der Waals surface area contributed by atoms with Crippen LogP contribution in [0.4, 0.5) is 5.69 Å². The second kappa shape index (κ2) is 9.60. The number of carbonyl (C=O) groups excluding carboxylic acids is 2. The van der Waals surface area contributed by atoms with Crippen molar-refractivity contribution in [1.29, 1.82) is 0 Å². The van der Waals surface area contributed by atoms with Crippen molar-refractivity contribution < 1.29 is 14.3 Å². The third-order valence-electron chi connectivity index (χ3n) is 4.81. The SMILES string of the molecule is Cc1cc(OCC(=O)Nc2ccc(C(=O)N3CCCCCC3)cc2)ccc1Cl. The zero-order chi connectivity index (χ0) is 19.9. The van der Waals surface area contributed by atoms with Crippen molar-refractivity contribution in [3.8, 4) is 5.75 Å². The zero-order valence-corrected chi connectivity index (χ0v) is 16.8. The topological polar surface area (TPSA) is 58.6 Å². The number of ether oxygens (including phenoxy) is 1. The van der Waals surface area contributed by atoms with Gasteiger partial charge in [0.15, 0.2) is 6.61 Å². The van der Waals surface area contributed by atoms with E-state index in [0.29, 0.717) is 22.0 Å². The molecule has 0 bridgehead atoms. The molecule has 0 radical (unpaired) electrons.